The lowest BCUT2D eigenvalue weighted by molar-refractivity contribution is -0.130. The minimum Gasteiger partial charge on any atom is -0.444 e. The monoisotopic (exact) mass is 543 g/mol. The Morgan fingerprint density at radius 2 is 1.53 bits per heavy atom. The summed E-state index contributed by atoms with van der Waals surface area (Å²) in [6.45, 7) is 11.4. The fourth-order valence-corrected chi connectivity index (χ4v) is 4.40. The maximum absolute atomic E-state index is 13.6. The number of hydrogen-bond acceptors (Lipinski definition) is 5. The van der Waals surface area contributed by atoms with Gasteiger partial charge in [-0.1, -0.05) is 48.0 Å². The van der Waals surface area contributed by atoms with E-state index in [-0.39, 0.29) is 38.4 Å². The van der Waals surface area contributed by atoms with Crippen LogP contribution in [-0.2, 0) is 20.8 Å². The first-order chi connectivity index (χ1) is 17.7. The summed E-state index contributed by atoms with van der Waals surface area (Å²) in [7, 11) is 0. The molecule has 38 heavy (non-hydrogen) atoms. The van der Waals surface area contributed by atoms with E-state index in [1.165, 1.54) is 0 Å². The van der Waals surface area contributed by atoms with Crippen LogP contribution < -0.4 is 10.6 Å². The highest BCUT2D eigenvalue weighted by molar-refractivity contribution is 6.33. The number of halogens is 1. The molecule has 8 nitrogen and oxygen atoms in total. The number of nitrogens with one attached hydrogen (secondary N) is 2. The minimum atomic E-state index is -1.24. The fourth-order valence-electron chi connectivity index (χ4n) is 4.18. The Hall–Kier alpha value is -3.26. The molecule has 2 aromatic carbocycles. The molecule has 3 rings (SSSR count). The van der Waals surface area contributed by atoms with Crippen molar-refractivity contribution < 1.29 is 23.9 Å². The standard InChI is InChI=1S/C29H38ClN3O5/c1-27(2,3)37-25(35)32-29(14-16-33(17-15-29)26(36)38-28(4,5)6)24(34)31-19-20-12-13-23(30)22(18-20)21-10-8-7-9-11-21/h7-13,18H,14-17,19H2,1-6H3,(H,31,34)(H,32,35). The third-order valence-corrected chi connectivity index (χ3v) is 6.34. The first kappa shape index (κ1) is 29.3. The summed E-state index contributed by atoms with van der Waals surface area (Å²) in [6.07, 6.45) is -0.699. The van der Waals surface area contributed by atoms with E-state index in [1.807, 2.05) is 42.5 Å². The number of ether oxygens (including phenoxy) is 2. The second-order valence-corrected chi connectivity index (χ2v) is 11.9. The van der Waals surface area contributed by atoms with E-state index in [2.05, 4.69) is 10.6 Å². The SMILES string of the molecule is CC(C)(C)OC(=O)NC1(C(=O)NCc2ccc(Cl)c(-c3ccccc3)c2)CCN(C(=O)OC(C)(C)C)CC1. The molecule has 0 radical (unpaired) electrons. The van der Waals surface area contributed by atoms with Crippen LogP contribution in [-0.4, -0.2) is 52.8 Å². The zero-order chi connectivity index (χ0) is 28.1. The maximum atomic E-state index is 13.6. The van der Waals surface area contributed by atoms with Crippen LogP contribution in [0.5, 0.6) is 0 Å². The van der Waals surface area contributed by atoms with E-state index in [0.717, 1.165) is 16.7 Å². The lowest BCUT2D eigenvalue weighted by Crippen LogP contribution is -2.64. The fraction of sp³-hybridized carbons (Fsp3) is 0.483. The summed E-state index contributed by atoms with van der Waals surface area (Å²) in [6, 6.07) is 15.4. The van der Waals surface area contributed by atoms with Gasteiger partial charge in [-0.2, -0.15) is 0 Å². The molecule has 2 N–H and O–H groups in total. The Morgan fingerprint density at radius 1 is 0.921 bits per heavy atom. The molecule has 0 unspecified atom stereocenters. The molecule has 1 heterocycles. The minimum absolute atomic E-state index is 0.215. The van der Waals surface area contributed by atoms with Crippen molar-refractivity contribution in [1.29, 1.82) is 0 Å². The van der Waals surface area contributed by atoms with Gasteiger partial charge in [0, 0.05) is 30.2 Å². The van der Waals surface area contributed by atoms with Crippen LogP contribution in [0.25, 0.3) is 11.1 Å². The Kier molecular flexibility index (Phi) is 8.97. The van der Waals surface area contributed by atoms with Crippen LogP contribution in [0, 0.1) is 0 Å². The predicted molar refractivity (Wildman–Crippen MR) is 148 cm³/mol. The molecule has 0 bridgehead atoms. The summed E-state index contributed by atoms with van der Waals surface area (Å²) in [5.41, 5.74) is 0.107. The highest BCUT2D eigenvalue weighted by Gasteiger charge is 2.45. The average molecular weight is 544 g/mol. The summed E-state index contributed by atoms with van der Waals surface area (Å²) < 4.78 is 10.9. The number of carbonyl (C=O) groups is 3. The largest absolute Gasteiger partial charge is 0.444 e. The van der Waals surface area contributed by atoms with Gasteiger partial charge in [0.1, 0.15) is 16.7 Å². The number of hydrogen-bond donors (Lipinski definition) is 2. The summed E-state index contributed by atoms with van der Waals surface area (Å²) in [4.78, 5) is 40.4. The quantitative estimate of drug-likeness (QED) is 0.488. The van der Waals surface area contributed by atoms with Gasteiger partial charge in [0.15, 0.2) is 0 Å². The van der Waals surface area contributed by atoms with Gasteiger partial charge in [-0.05, 0) is 77.6 Å². The average Bonchev–Trinajstić information content (AvgIpc) is 2.82. The maximum Gasteiger partial charge on any atom is 0.410 e. The van der Waals surface area contributed by atoms with Gasteiger partial charge >= 0.3 is 12.2 Å². The van der Waals surface area contributed by atoms with Crippen molar-refractivity contribution in [1.82, 2.24) is 15.5 Å². The predicted octanol–water partition coefficient (Wildman–Crippen LogP) is 5.92. The number of rotatable bonds is 5. The molecule has 1 fully saturated rings. The van der Waals surface area contributed by atoms with Crippen molar-refractivity contribution in [3.63, 3.8) is 0 Å². The lowest BCUT2D eigenvalue weighted by Gasteiger charge is -2.41. The van der Waals surface area contributed by atoms with Crippen molar-refractivity contribution in [3.8, 4) is 11.1 Å². The molecule has 0 spiro atoms. The lowest BCUT2D eigenvalue weighted by atomic mass is 9.86. The smallest absolute Gasteiger partial charge is 0.410 e. The molecule has 206 valence electrons. The van der Waals surface area contributed by atoms with Crippen LogP contribution >= 0.6 is 11.6 Å². The molecule has 1 aliphatic heterocycles. The Balaban J connectivity index is 1.75. The molecule has 9 heteroatoms. The number of nitrogens with zero attached hydrogens (tertiary/aromatic N) is 1. The van der Waals surface area contributed by atoms with Gasteiger partial charge < -0.3 is 25.0 Å². The third kappa shape index (κ3) is 8.12. The molecule has 3 amide bonds. The molecule has 1 aliphatic rings. The number of amides is 3. The molecule has 2 aromatic rings. The Bertz CT molecular complexity index is 1150. The van der Waals surface area contributed by atoms with Crippen molar-refractivity contribution in [2.24, 2.45) is 0 Å². The number of carbonyl (C=O) groups excluding carboxylic acids is 3. The zero-order valence-corrected chi connectivity index (χ0v) is 23.8. The van der Waals surface area contributed by atoms with E-state index < -0.39 is 28.9 Å². The number of piperidine rings is 1. The van der Waals surface area contributed by atoms with Crippen LogP contribution in [0.15, 0.2) is 48.5 Å². The molecular formula is C29H38ClN3O5. The van der Waals surface area contributed by atoms with E-state index in [1.54, 1.807) is 52.5 Å². The van der Waals surface area contributed by atoms with Crippen LogP contribution in [0.2, 0.25) is 5.02 Å². The van der Waals surface area contributed by atoms with Crippen molar-refractivity contribution in [2.75, 3.05) is 13.1 Å². The van der Waals surface area contributed by atoms with Crippen LogP contribution in [0.1, 0.15) is 59.9 Å². The highest BCUT2D eigenvalue weighted by atomic mass is 35.5. The second kappa shape index (κ2) is 11.6. The number of likely N-dealkylation sites (tertiary alicyclic amines) is 1. The van der Waals surface area contributed by atoms with Crippen molar-refractivity contribution >= 4 is 29.7 Å². The normalized spacial score (nSPS) is 15.4. The van der Waals surface area contributed by atoms with Crippen LogP contribution in [0.4, 0.5) is 9.59 Å². The Labute approximate surface area is 230 Å². The van der Waals surface area contributed by atoms with Gasteiger partial charge in [0.2, 0.25) is 5.91 Å². The summed E-state index contributed by atoms with van der Waals surface area (Å²) in [5.74, 6) is -0.344. The molecule has 0 aliphatic carbocycles. The summed E-state index contributed by atoms with van der Waals surface area (Å²) in [5, 5.41) is 6.39. The Morgan fingerprint density at radius 3 is 2.11 bits per heavy atom. The molecular weight excluding hydrogens is 506 g/mol. The van der Waals surface area contributed by atoms with Gasteiger partial charge in [-0.15, -0.1) is 0 Å². The van der Waals surface area contributed by atoms with E-state index in [4.69, 9.17) is 21.1 Å². The van der Waals surface area contributed by atoms with Crippen molar-refractivity contribution in [2.45, 2.75) is 77.7 Å². The second-order valence-electron chi connectivity index (χ2n) is 11.5. The van der Waals surface area contributed by atoms with E-state index in [9.17, 15) is 14.4 Å². The third-order valence-electron chi connectivity index (χ3n) is 6.01. The number of benzene rings is 2. The van der Waals surface area contributed by atoms with Gasteiger partial charge in [-0.3, -0.25) is 4.79 Å². The topological polar surface area (TPSA) is 97.0 Å². The first-order valence-electron chi connectivity index (χ1n) is 12.8. The first-order valence-corrected chi connectivity index (χ1v) is 13.2. The van der Waals surface area contributed by atoms with Gasteiger partial charge in [0.25, 0.3) is 0 Å². The van der Waals surface area contributed by atoms with Gasteiger partial charge in [-0.25, -0.2) is 9.59 Å². The van der Waals surface area contributed by atoms with E-state index >= 15 is 0 Å². The number of alkyl carbamates (subject to hydrolysis) is 1. The molecule has 0 aromatic heterocycles. The zero-order valence-electron chi connectivity index (χ0n) is 23.0. The van der Waals surface area contributed by atoms with E-state index in [0.29, 0.717) is 5.02 Å². The van der Waals surface area contributed by atoms with Crippen molar-refractivity contribution in [3.05, 3.63) is 59.1 Å². The summed E-state index contributed by atoms with van der Waals surface area (Å²) >= 11 is 6.44. The molecule has 0 atom stereocenters. The van der Waals surface area contributed by atoms with Crippen LogP contribution in [0.3, 0.4) is 0 Å². The highest BCUT2D eigenvalue weighted by Crippen LogP contribution is 2.29. The molecule has 0 saturated carbocycles. The van der Waals surface area contributed by atoms with Gasteiger partial charge in [0.05, 0.1) is 0 Å². The molecule has 1 saturated heterocycles.